The largest absolute Gasteiger partial charge is 0.416 e. The molecule has 1 aromatic rings. The fourth-order valence-electron chi connectivity index (χ4n) is 2.76. The summed E-state index contributed by atoms with van der Waals surface area (Å²) < 4.78 is 38.0. The summed E-state index contributed by atoms with van der Waals surface area (Å²) in [6, 6.07) is 2.65. The molecule has 0 unspecified atom stereocenters. The lowest BCUT2D eigenvalue weighted by molar-refractivity contribution is -0.137. The highest BCUT2D eigenvalue weighted by molar-refractivity contribution is 5.66. The summed E-state index contributed by atoms with van der Waals surface area (Å²) in [6.07, 6.45) is -1.71. The Hall–Kier alpha value is -1.19. The molecule has 2 aliphatic heterocycles. The van der Waals surface area contributed by atoms with E-state index in [-0.39, 0.29) is 0 Å². The van der Waals surface area contributed by atoms with Crippen LogP contribution in [-0.4, -0.2) is 13.1 Å². The second kappa shape index (κ2) is 3.15. The van der Waals surface area contributed by atoms with Crippen LogP contribution in [0.4, 0.5) is 18.9 Å². The van der Waals surface area contributed by atoms with Gasteiger partial charge in [-0.1, -0.05) is 0 Å². The van der Waals surface area contributed by atoms with Crippen molar-refractivity contribution in [2.24, 2.45) is 0 Å². The van der Waals surface area contributed by atoms with Gasteiger partial charge < -0.3 is 4.90 Å². The average molecular weight is 227 g/mol. The maximum Gasteiger partial charge on any atom is 0.416 e. The van der Waals surface area contributed by atoms with Gasteiger partial charge in [0.2, 0.25) is 0 Å². The third-order valence-corrected chi connectivity index (χ3v) is 3.44. The van der Waals surface area contributed by atoms with E-state index in [0.717, 1.165) is 49.2 Å². The Kier molecular flexibility index (Phi) is 1.97. The van der Waals surface area contributed by atoms with Gasteiger partial charge in [-0.05, 0) is 42.5 Å². The van der Waals surface area contributed by atoms with Crippen LogP contribution in [0.3, 0.4) is 0 Å². The van der Waals surface area contributed by atoms with Crippen molar-refractivity contribution in [1.82, 2.24) is 0 Å². The van der Waals surface area contributed by atoms with Gasteiger partial charge in [-0.25, -0.2) is 0 Å². The molecule has 16 heavy (non-hydrogen) atoms. The number of anilines is 1. The van der Waals surface area contributed by atoms with E-state index >= 15 is 0 Å². The lowest BCUT2D eigenvalue weighted by Crippen LogP contribution is -2.26. The first-order chi connectivity index (χ1) is 7.55. The van der Waals surface area contributed by atoms with Crippen LogP contribution in [0.25, 0.3) is 0 Å². The summed E-state index contributed by atoms with van der Waals surface area (Å²) >= 11 is 0. The number of hydrogen-bond donors (Lipinski definition) is 0. The molecular weight excluding hydrogens is 215 g/mol. The van der Waals surface area contributed by atoms with Gasteiger partial charge in [-0.3, -0.25) is 0 Å². The third kappa shape index (κ3) is 1.39. The number of benzene rings is 1. The van der Waals surface area contributed by atoms with Crippen LogP contribution in [0.15, 0.2) is 12.1 Å². The summed E-state index contributed by atoms with van der Waals surface area (Å²) in [4.78, 5) is 2.22. The van der Waals surface area contributed by atoms with Crippen molar-refractivity contribution in [3.8, 4) is 0 Å². The summed E-state index contributed by atoms with van der Waals surface area (Å²) in [7, 11) is 0. The maximum absolute atomic E-state index is 12.7. The number of hydrogen-bond acceptors (Lipinski definition) is 1. The summed E-state index contributed by atoms with van der Waals surface area (Å²) in [6.45, 7) is 1.87. The zero-order valence-electron chi connectivity index (χ0n) is 8.77. The highest BCUT2D eigenvalue weighted by atomic mass is 19.4. The maximum atomic E-state index is 12.7. The molecule has 0 spiro atoms. The Morgan fingerprint density at radius 3 is 2.38 bits per heavy atom. The predicted octanol–water partition coefficient (Wildman–Crippen LogP) is 3.01. The summed E-state index contributed by atoms with van der Waals surface area (Å²) in [5, 5.41) is 0. The van der Waals surface area contributed by atoms with E-state index in [9.17, 15) is 13.2 Å². The first-order valence-electron chi connectivity index (χ1n) is 5.53. The van der Waals surface area contributed by atoms with Gasteiger partial charge >= 0.3 is 6.18 Å². The Morgan fingerprint density at radius 2 is 1.69 bits per heavy atom. The molecular formula is C12H12F3N. The second-order valence-corrected chi connectivity index (χ2v) is 4.48. The van der Waals surface area contributed by atoms with Crippen LogP contribution in [0, 0.1) is 0 Å². The number of halogens is 3. The zero-order valence-corrected chi connectivity index (χ0v) is 8.77. The lowest BCUT2D eigenvalue weighted by atomic mass is 9.97. The van der Waals surface area contributed by atoms with Gasteiger partial charge in [0, 0.05) is 18.8 Å². The molecule has 86 valence electrons. The molecule has 3 rings (SSSR count). The van der Waals surface area contributed by atoms with Gasteiger partial charge in [0.25, 0.3) is 0 Å². The summed E-state index contributed by atoms with van der Waals surface area (Å²) in [5.41, 5.74) is 2.36. The number of nitrogens with zero attached hydrogens (tertiary/aromatic N) is 1. The van der Waals surface area contributed by atoms with E-state index in [2.05, 4.69) is 4.90 Å². The minimum absolute atomic E-state index is 0.481. The predicted molar refractivity (Wildman–Crippen MR) is 55.7 cm³/mol. The molecule has 0 amide bonds. The Labute approximate surface area is 91.9 Å². The Bertz CT molecular complexity index is 437. The van der Waals surface area contributed by atoms with Crippen molar-refractivity contribution >= 4 is 5.69 Å². The molecule has 2 aliphatic rings. The van der Waals surface area contributed by atoms with E-state index < -0.39 is 11.7 Å². The van der Waals surface area contributed by atoms with Crippen LogP contribution < -0.4 is 4.90 Å². The number of alkyl halides is 3. The van der Waals surface area contributed by atoms with Crippen molar-refractivity contribution in [2.75, 3.05) is 18.0 Å². The number of rotatable bonds is 0. The van der Waals surface area contributed by atoms with Gasteiger partial charge in [-0.2, -0.15) is 13.2 Å². The molecule has 2 heterocycles. The molecule has 0 N–H and O–H groups in total. The fraction of sp³-hybridized carbons (Fsp3) is 0.500. The van der Waals surface area contributed by atoms with Crippen LogP contribution in [0.2, 0.25) is 0 Å². The van der Waals surface area contributed by atoms with Crippen molar-refractivity contribution < 1.29 is 13.2 Å². The molecule has 0 aromatic heterocycles. The van der Waals surface area contributed by atoms with Crippen molar-refractivity contribution in [2.45, 2.75) is 25.4 Å². The first kappa shape index (κ1) is 10.00. The Morgan fingerprint density at radius 1 is 1.00 bits per heavy atom. The molecule has 0 radical (unpaired) electrons. The van der Waals surface area contributed by atoms with Gasteiger partial charge in [0.15, 0.2) is 0 Å². The summed E-state index contributed by atoms with van der Waals surface area (Å²) in [5.74, 6) is 0. The van der Waals surface area contributed by atoms with Crippen LogP contribution in [-0.2, 0) is 19.0 Å². The molecule has 0 saturated heterocycles. The van der Waals surface area contributed by atoms with Gasteiger partial charge in [0.05, 0.1) is 5.56 Å². The highest BCUT2D eigenvalue weighted by Gasteiger charge is 2.34. The van der Waals surface area contributed by atoms with Crippen LogP contribution in [0.1, 0.15) is 23.1 Å². The standard InChI is InChI=1S/C12H12F3N/c13-12(14,15)10-6-8-2-1-4-16-5-3-9(7-10)11(8)16/h6-7H,1-5H2. The quantitative estimate of drug-likeness (QED) is 0.658. The SMILES string of the molecule is FC(F)(F)c1cc2c3c(c1)CCN3CCC2. The van der Waals surface area contributed by atoms with Gasteiger partial charge in [-0.15, -0.1) is 0 Å². The van der Waals surface area contributed by atoms with E-state index in [1.54, 1.807) is 0 Å². The van der Waals surface area contributed by atoms with Crippen molar-refractivity contribution in [3.05, 3.63) is 28.8 Å². The molecule has 0 saturated carbocycles. The molecule has 0 bridgehead atoms. The first-order valence-corrected chi connectivity index (χ1v) is 5.53. The van der Waals surface area contributed by atoms with Crippen LogP contribution in [0.5, 0.6) is 0 Å². The minimum Gasteiger partial charge on any atom is -0.371 e. The average Bonchev–Trinajstić information content (AvgIpc) is 2.62. The molecule has 1 nitrogen and oxygen atoms in total. The minimum atomic E-state index is -4.21. The van der Waals surface area contributed by atoms with E-state index in [1.165, 1.54) is 12.1 Å². The van der Waals surface area contributed by atoms with E-state index in [4.69, 9.17) is 0 Å². The normalized spacial score (nSPS) is 18.8. The number of aryl methyl sites for hydroxylation is 1. The monoisotopic (exact) mass is 227 g/mol. The molecule has 0 aliphatic carbocycles. The Balaban J connectivity index is 2.15. The van der Waals surface area contributed by atoms with Gasteiger partial charge in [0.1, 0.15) is 0 Å². The van der Waals surface area contributed by atoms with E-state index in [0.29, 0.717) is 0 Å². The topological polar surface area (TPSA) is 3.24 Å². The lowest BCUT2D eigenvalue weighted by Gasteiger charge is -2.27. The smallest absolute Gasteiger partial charge is 0.371 e. The highest BCUT2D eigenvalue weighted by Crippen LogP contribution is 2.40. The molecule has 0 atom stereocenters. The second-order valence-electron chi connectivity index (χ2n) is 4.48. The van der Waals surface area contributed by atoms with Crippen molar-refractivity contribution in [3.63, 3.8) is 0 Å². The third-order valence-electron chi connectivity index (χ3n) is 3.44. The molecule has 0 fully saturated rings. The van der Waals surface area contributed by atoms with Crippen LogP contribution >= 0.6 is 0 Å². The van der Waals surface area contributed by atoms with Crippen molar-refractivity contribution in [1.29, 1.82) is 0 Å². The van der Waals surface area contributed by atoms with E-state index in [1.807, 2.05) is 0 Å². The zero-order chi connectivity index (χ0) is 11.3. The molecule has 1 aromatic carbocycles. The fourth-order valence-corrected chi connectivity index (χ4v) is 2.76. The molecule has 4 heteroatoms.